The molecule has 12 heteroatoms. The molecule has 0 fully saturated rings. The first-order valence-electron chi connectivity index (χ1n) is 10.6. The van der Waals surface area contributed by atoms with Crippen molar-refractivity contribution in [3.8, 4) is 0 Å². The number of nitrogens with two attached hydrogens (primary N) is 1. The highest BCUT2D eigenvalue weighted by molar-refractivity contribution is 6.03. The second-order valence-electron chi connectivity index (χ2n) is 8.07. The highest BCUT2D eigenvalue weighted by Crippen LogP contribution is 2.30. The molecular weight excluding hydrogens is 438 g/mol. The quantitative estimate of drug-likeness (QED) is 0.250. The van der Waals surface area contributed by atoms with Gasteiger partial charge >= 0.3 is 6.03 Å². The van der Waals surface area contributed by atoms with Crippen LogP contribution in [-0.2, 0) is 6.42 Å². The maximum Gasteiger partial charge on any atom is 0.326 e. The largest absolute Gasteiger partial charge is 0.368 e. The Kier molecular flexibility index (Phi) is 5.36. The van der Waals surface area contributed by atoms with E-state index < -0.39 is 0 Å². The molecule has 12 nitrogen and oxygen atoms in total. The van der Waals surface area contributed by atoms with Crippen molar-refractivity contribution >= 4 is 45.9 Å². The summed E-state index contributed by atoms with van der Waals surface area (Å²) >= 11 is 0. The Hall–Kier alpha value is -4.42. The highest BCUT2D eigenvalue weighted by atomic mass is 16.8. The van der Waals surface area contributed by atoms with Crippen LogP contribution in [0, 0.1) is 6.92 Å². The van der Waals surface area contributed by atoms with Gasteiger partial charge in [-0.05, 0) is 48.7 Å². The number of nitrogen functional groups attached to an aromatic ring is 1. The van der Waals surface area contributed by atoms with Gasteiger partial charge in [0.2, 0.25) is 5.95 Å². The molecule has 1 aliphatic rings. The minimum absolute atomic E-state index is 0.0343. The number of aryl methyl sites for hydroxylation is 1. The average molecular weight is 461 g/mol. The van der Waals surface area contributed by atoms with Gasteiger partial charge in [0.15, 0.2) is 5.65 Å². The van der Waals surface area contributed by atoms with Crippen molar-refractivity contribution in [1.29, 1.82) is 0 Å². The van der Waals surface area contributed by atoms with Crippen LogP contribution in [0.4, 0.5) is 33.6 Å². The molecule has 174 valence electrons. The minimum Gasteiger partial charge on any atom is -0.368 e. The lowest BCUT2D eigenvalue weighted by Gasteiger charge is -2.35. The molecule has 0 saturated heterocycles. The fraction of sp³-hybridized carbons (Fsp3) is 0.182. The maximum atomic E-state index is 13.3. The van der Waals surface area contributed by atoms with Crippen LogP contribution in [0.25, 0.3) is 11.0 Å². The summed E-state index contributed by atoms with van der Waals surface area (Å²) in [7, 11) is 0. The zero-order valence-electron chi connectivity index (χ0n) is 18.2. The van der Waals surface area contributed by atoms with Gasteiger partial charge in [0.05, 0.1) is 17.3 Å². The third-order valence-electron chi connectivity index (χ3n) is 5.75. The Morgan fingerprint density at radius 2 is 2.06 bits per heavy atom. The Bertz CT molecular complexity index is 1370. The van der Waals surface area contributed by atoms with E-state index in [1.54, 1.807) is 30.2 Å². The Labute approximate surface area is 194 Å². The highest BCUT2D eigenvalue weighted by Gasteiger charge is 2.29. The van der Waals surface area contributed by atoms with Crippen molar-refractivity contribution in [2.75, 3.05) is 33.0 Å². The molecule has 2 amide bonds. The summed E-state index contributed by atoms with van der Waals surface area (Å²) in [6.07, 6.45) is 2.31. The van der Waals surface area contributed by atoms with Gasteiger partial charge < -0.3 is 16.4 Å². The fourth-order valence-corrected chi connectivity index (χ4v) is 4.14. The SMILES string of the molecule is Cc1cc(N(O)O)ccc1NC(=O)N1CC(Nc2nc(N)nc3[nH]ncc23)Cc2ccccc21. The maximum absolute atomic E-state index is 13.3. The molecule has 1 aliphatic heterocycles. The molecular formula is C22H23N9O3. The predicted octanol–water partition coefficient (Wildman–Crippen LogP) is 2.90. The number of nitrogens with one attached hydrogen (secondary N) is 3. The van der Waals surface area contributed by atoms with E-state index in [0.29, 0.717) is 41.1 Å². The van der Waals surface area contributed by atoms with Crippen LogP contribution in [0.3, 0.4) is 0 Å². The Balaban J connectivity index is 1.41. The van der Waals surface area contributed by atoms with Gasteiger partial charge in [-0.3, -0.25) is 20.4 Å². The number of fused-ring (bicyclic) bond motifs is 2. The van der Waals surface area contributed by atoms with E-state index in [1.165, 1.54) is 6.07 Å². The zero-order chi connectivity index (χ0) is 23.8. The summed E-state index contributed by atoms with van der Waals surface area (Å²) in [5.74, 6) is 0.665. The molecule has 0 aliphatic carbocycles. The third-order valence-corrected chi connectivity index (χ3v) is 5.75. The van der Waals surface area contributed by atoms with Crippen LogP contribution >= 0.6 is 0 Å². The van der Waals surface area contributed by atoms with E-state index in [-0.39, 0.29) is 28.9 Å². The van der Waals surface area contributed by atoms with Crippen molar-refractivity contribution in [2.45, 2.75) is 19.4 Å². The van der Waals surface area contributed by atoms with Gasteiger partial charge in [0, 0.05) is 24.0 Å². The van der Waals surface area contributed by atoms with E-state index in [1.807, 2.05) is 24.3 Å². The van der Waals surface area contributed by atoms with Crippen LogP contribution in [0.2, 0.25) is 0 Å². The number of nitrogens with zero attached hydrogens (tertiary/aromatic N) is 5. The number of urea groups is 1. The van der Waals surface area contributed by atoms with Gasteiger partial charge in [0.1, 0.15) is 5.82 Å². The molecule has 3 heterocycles. The van der Waals surface area contributed by atoms with Crippen molar-refractivity contribution in [1.82, 2.24) is 20.2 Å². The lowest BCUT2D eigenvalue weighted by atomic mass is 9.98. The molecule has 0 radical (unpaired) electrons. The Morgan fingerprint density at radius 3 is 2.85 bits per heavy atom. The summed E-state index contributed by atoms with van der Waals surface area (Å²) in [6.45, 7) is 2.15. The summed E-state index contributed by atoms with van der Waals surface area (Å²) in [6, 6.07) is 11.9. The van der Waals surface area contributed by atoms with Crippen molar-refractivity contribution < 1.29 is 15.2 Å². The summed E-state index contributed by atoms with van der Waals surface area (Å²) in [5, 5.41) is 32.3. The molecule has 0 spiro atoms. The predicted molar refractivity (Wildman–Crippen MR) is 127 cm³/mol. The number of rotatable bonds is 4. The van der Waals surface area contributed by atoms with Crippen molar-refractivity contribution in [2.24, 2.45) is 0 Å². The first-order valence-corrected chi connectivity index (χ1v) is 10.6. The lowest BCUT2D eigenvalue weighted by Crippen LogP contribution is -2.47. The molecule has 5 rings (SSSR count). The first kappa shape index (κ1) is 21.4. The summed E-state index contributed by atoms with van der Waals surface area (Å²) < 4.78 is 0. The third kappa shape index (κ3) is 4.02. The average Bonchev–Trinajstić information content (AvgIpc) is 3.28. The number of anilines is 5. The number of benzene rings is 2. The topological polar surface area (TPSA) is 169 Å². The number of aromatic nitrogens is 4. The van der Waals surface area contributed by atoms with Crippen LogP contribution in [0.5, 0.6) is 0 Å². The number of para-hydroxylation sites is 1. The second-order valence-corrected chi connectivity index (χ2v) is 8.07. The number of carbonyl (C=O) groups excluding carboxylic acids is 1. The molecule has 2 aromatic heterocycles. The van der Waals surface area contributed by atoms with Gasteiger partial charge in [-0.1, -0.05) is 18.2 Å². The summed E-state index contributed by atoms with van der Waals surface area (Å²) in [5.41, 5.74) is 9.64. The van der Waals surface area contributed by atoms with E-state index >= 15 is 0 Å². The summed E-state index contributed by atoms with van der Waals surface area (Å²) in [4.78, 5) is 23.5. The van der Waals surface area contributed by atoms with E-state index in [0.717, 1.165) is 11.3 Å². The second kappa shape index (κ2) is 8.50. The van der Waals surface area contributed by atoms with Gasteiger partial charge in [-0.2, -0.15) is 15.1 Å². The van der Waals surface area contributed by atoms with Gasteiger partial charge in [-0.25, -0.2) is 4.79 Å². The standard InChI is InChI=1S/C22H23N9O3/c1-12-8-15(31(33)34)6-7-17(12)26-22(32)30-11-14(9-13-4-2-3-5-18(13)30)25-19-16-10-24-29-20(16)28-21(23)27-19/h2-8,10,14,33-34H,9,11H2,1H3,(H,26,32)(H4,23,24,25,27,28,29). The molecule has 0 saturated carbocycles. The number of H-pyrrole nitrogens is 1. The van der Waals surface area contributed by atoms with Crippen molar-refractivity contribution in [3.05, 3.63) is 59.8 Å². The monoisotopic (exact) mass is 461 g/mol. The molecule has 2 aromatic carbocycles. The van der Waals surface area contributed by atoms with E-state index in [9.17, 15) is 15.2 Å². The normalized spacial score (nSPS) is 15.1. The minimum atomic E-state index is -0.310. The van der Waals surface area contributed by atoms with Gasteiger partial charge in [0.25, 0.3) is 0 Å². The van der Waals surface area contributed by atoms with E-state index in [4.69, 9.17) is 5.73 Å². The van der Waals surface area contributed by atoms with Crippen molar-refractivity contribution in [3.63, 3.8) is 0 Å². The van der Waals surface area contributed by atoms with Crippen LogP contribution in [-0.4, -0.2) is 49.2 Å². The molecule has 1 atom stereocenters. The number of carbonyl (C=O) groups is 1. The number of amides is 2. The van der Waals surface area contributed by atoms with E-state index in [2.05, 4.69) is 30.8 Å². The van der Waals surface area contributed by atoms with Crippen LogP contribution < -0.4 is 26.5 Å². The zero-order valence-corrected chi connectivity index (χ0v) is 18.2. The van der Waals surface area contributed by atoms with Crippen LogP contribution in [0.1, 0.15) is 11.1 Å². The number of aromatic amines is 1. The van der Waals surface area contributed by atoms with Gasteiger partial charge in [-0.15, -0.1) is 5.23 Å². The fourth-order valence-electron chi connectivity index (χ4n) is 4.14. The smallest absolute Gasteiger partial charge is 0.326 e. The first-order chi connectivity index (χ1) is 16.4. The number of hydrogen-bond acceptors (Lipinski definition) is 9. The Morgan fingerprint density at radius 1 is 1.24 bits per heavy atom. The molecule has 1 unspecified atom stereocenters. The molecule has 0 bridgehead atoms. The van der Waals surface area contributed by atoms with Crippen LogP contribution in [0.15, 0.2) is 48.7 Å². The molecule has 4 aromatic rings. The number of hydrogen-bond donors (Lipinski definition) is 6. The lowest BCUT2D eigenvalue weighted by molar-refractivity contribution is 0.0291. The molecule has 7 N–H and O–H groups in total. The molecule has 34 heavy (non-hydrogen) atoms.